The maximum atomic E-state index is 13.8. The number of rotatable bonds is 5. The number of amides is 1. The molecule has 0 saturated carbocycles. The number of carbonyl (C=O) groups excluding carboxylic acids is 1. The highest BCUT2D eigenvalue weighted by Crippen LogP contribution is 2.21. The summed E-state index contributed by atoms with van der Waals surface area (Å²) in [5.74, 6) is -0.773. The number of hydrogen-bond donors (Lipinski definition) is 0. The van der Waals surface area contributed by atoms with Crippen LogP contribution in [0, 0.1) is 11.6 Å². The summed E-state index contributed by atoms with van der Waals surface area (Å²) in [5.41, 5.74) is 0.938. The minimum atomic E-state index is -0.704. The highest BCUT2D eigenvalue weighted by molar-refractivity contribution is 5.81. The predicted octanol–water partition coefficient (Wildman–Crippen LogP) is 3.47. The molecule has 0 radical (unpaired) electrons. The molecular formula is C20H22F2N2O2. The largest absolute Gasteiger partial charge is 0.478 e. The maximum absolute atomic E-state index is 13.8. The van der Waals surface area contributed by atoms with E-state index in [0.717, 1.165) is 5.69 Å². The quantitative estimate of drug-likeness (QED) is 0.819. The summed E-state index contributed by atoms with van der Waals surface area (Å²) in [5, 5.41) is 0. The average Bonchev–Trinajstić information content (AvgIpc) is 2.68. The Labute approximate surface area is 152 Å². The minimum Gasteiger partial charge on any atom is -0.478 e. The zero-order valence-electron chi connectivity index (χ0n) is 14.7. The summed E-state index contributed by atoms with van der Waals surface area (Å²) in [6, 6.07) is 12.4. The highest BCUT2D eigenvalue weighted by Gasteiger charge is 2.28. The Morgan fingerprint density at radius 3 is 2.31 bits per heavy atom. The van der Waals surface area contributed by atoms with Gasteiger partial charge in [0.05, 0.1) is 0 Å². The summed E-state index contributed by atoms with van der Waals surface area (Å²) in [6.07, 6.45) is -0.241. The fourth-order valence-corrected chi connectivity index (χ4v) is 3.04. The van der Waals surface area contributed by atoms with Crippen LogP contribution >= 0.6 is 0 Å². The van der Waals surface area contributed by atoms with E-state index < -0.39 is 11.9 Å². The van der Waals surface area contributed by atoms with Gasteiger partial charge in [0.25, 0.3) is 5.91 Å². The maximum Gasteiger partial charge on any atom is 0.263 e. The van der Waals surface area contributed by atoms with Crippen LogP contribution in [0.5, 0.6) is 5.75 Å². The van der Waals surface area contributed by atoms with Crippen LogP contribution in [0.4, 0.5) is 14.5 Å². The fraction of sp³-hybridized carbons (Fsp3) is 0.350. The molecule has 4 nitrogen and oxygen atoms in total. The SMILES string of the molecule is CC[C@@H](Oc1ccccc1F)C(=O)N1CCN(c2ccc(F)cc2)CC1. The molecule has 1 aliphatic rings. The summed E-state index contributed by atoms with van der Waals surface area (Å²) < 4.78 is 32.4. The van der Waals surface area contributed by atoms with Crippen LogP contribution in [-0.2, 0) is 4.79 Å². The molecule has 1 amide bonds. The number of para-hydroxylation sites is 1. The van der Waals surface area contributed by atoms with Gasteiger partial charge in [0.2, 0.25) is 0 Å². The first-order chi connectivity index (χ1) is 12.6. The minimum absolute atomic E-state index is 0.0950. The summed E-state index contributed by atoms with van der Waals surface area (Å²) in [4.78, 5) is 16.6. The topological polar surface area (TPSA) is 32.8 Å². The number of ether oxygens (including phenoxy) is 1. The monoisotopic (exact) mass is 360 g/mol. The average molecular weight is 360 g/mol. The van der Waals surface area contributed by atoms with Gasteiger partial charge in [-0.05, 0) is 42.8 Å². The number of nitrogens with zero attached hydrogens (tertiary/aromatic N) is 2. The molecule has 0 N–H and O–H groups in total. The van der Waals surface area contributed by atoms with Crippen LogP contribution in [0.1, 0.15) is 13.3 Å². The van der Waals surface area contributed by atoms with Gasteiger partial charge in [-0.25, -0.2) is 8.78 Å². The molecule has 1 heterocycles. The third kappa shape index (κ3) is 4.12. The van der Waals surface area contributed by atoms with Crippen molar-refractivity contribution in [2.75, 3.05) is 31.1 Å². The van der Waals surface area contributed by atoms with Crippen LogP contribution in [0.3, 0.4) is 0 Å². The molecule has 6 heteroatoms. The van der Waals surface area contributed by atoms with Crippen LogP contribution in [-0.4, -0.2) is 43.1 Å². The molecule has 1 fully saturated rings. The zero-order chi connectivity index (χ0) is 18.5. The van der Waals surface area contributed by atoms with Gasteiger partial charge in [0.1, 0.15) is 5.82 Å². The second kappa shape index (κ2) is 8.17. The first kappa shape index (κ1) is 18.2. The molecule has 0 aromatic heterocycles. The van der Waals surface area contributed by atoms with Crippen LogP contribution in [0.15, 0.2) is 48.5 Å². The van der Waals surface area contributed by atoms with Crippen LogP contribution in [0.2, 0.25) is 0 Å². The third-order valence-electron chi connectivity index (χ3n) is 4.54. The number of halogens is 2. The Bertz CT molecular complexity index is 744. The number of hydrogen-bond acceptors (Lipinski definition) is 3. The van der Waals surface area contributed by atoms with Crippen molar-refractivity contribution in [1.29, 1.82) is 0 Å². The molecule has 2 aromatic carbocycles. The molecule has 1 atom stereocenters. The first-order valence-electron chi connectivity index (χ1n) is 8.79. The van der Waals surface area contributed by atoms with Crippen LogP contribution in [0.25, 0.3) is 0 Å². The van der Waals surface area contributed by atoms with Gasteiger partial charge in [0.15, 0.2) is 17.7 Å². The van der Waals surface area contributed by atoms with Crippen LogP contribution < -0.4 is 9.64 Å². The van der Waals surface area contributed by atoms with Gasteiger partial charge in [0, 0.05) is 31.9 Å². The number of carbonyl (C=O) groups is 1. The molecule has 0 aliphatic carbocycles. The lowest BCUT2D eigenvalue weighted by Gasteiger charge is -2.37. The van der Waals surface area contributed by atoms with E-state index in [4.69, 9.17) is 4.74 Å². The summed E-state index contributed by atoms with van der Waals surface area (Å²) in [6.45, 7) is 4.26. The second-order valence-corrected chi connectivity index (χ2v) is 6.23. The lowest BCUT2D eigenvalue weighted by atomic mass is 10.2. The third-order valence-corrected chi connectivity index (χ3v) is 4.54. The normalized spacial score (nSPS) is 15.7. The Hall–Kier alpha value is -2.63. The summed E-state index contributed by atoms with van der Waals surface area (Å²) in [7, 11) is 0. The lowest BCUT2D eigenvalue weighted by molar-refractivity contribution is -0.139. The van der Waals surface area contributed by atoms with E-state index in [1.54, 1.807) is 29.2 Å². The number of benzene rings is 2. The molecule has 3 rings (SSSR count). The molecule has 138 valence electrons. The van der Waals surface area contributed by atoms with E-state index in [9.17, 15) is 13.6 Å². The fourth-order valence-electron chi connectivity index (χ4n) is 3.04. The van der Waals surface area contributed by atoms with Gasteiger partial charge in [-0.3, -0.25) is 4.79 Å². The summed E-state index contributed by atoms with van der Waals surface area (Å²) >= 11 is 0. The van der Waals surface area contributed by atoms with E-state index in [-0.39, 0.29) is 17.5 Å². The van der Waals surface area contributed by atoms with Gasteiger partial charge in [-0.1, -0.05) is 19.1 Å². The number of piperazine rings is 1. The molecular weight excluding hydrogens is 338 g/mol. The Morgan fingerprint density at radius 1 is 1.04 bits per heavy atom. The number of anilines is 1. The van der Waals surface area contributed by atoms with Crippen molar-refractivity contribution in [2.24, 2.45) is 0 Å². The molecule has 1 saturated heterocycles. The van der Waals surface area contributed by atoms with Crippen molar-refractivity contribution in [3.63, 3.8) is 0 Å². The van der Waals surface area contributed by atoms with Crippen molar-refractivity contribution in [2.45, 2.75) is 19.4 Å². The van der Waals surface area contributed by atoms with Crippen molar-refractivity contribution in [3.05, 3.63) is 60.2 Å². The Balaban J connectivity index is 1.59. The van der Waals surface area contributed by atoms with Gasteiger partial charge in [-0.2, -0.15) is 0 Å². The second-order valence-electron chi connectivity index (χ2n) is 6.23. The van der Waals surface area contributed by atoms with E-state index in [1.807, 2.05) is 6.92 Å². The molecule has 2 aromatic rings. The van der Waals surface area contributed by atoms with E-state index in [1.165, 1.54) is 24.3 Å². The molecule has 0 spiro atoms. The van der Waals surface area contributed by atoms with Crippen molar-refractivity contribution in [1.82, 2.24) is 4.90 Å². The zero-order valence-corrected chi connectivity index (χ0v) is 14.7. The van der Waals surface area contributed by atoms with Gasteiger partial charge >= 0.3 is 0 Å². The van der Waals surface area contributed by atoms with Crippen molar-refractivity contribution < 1.29 is 18.3 Å². The highest BCUT2D eigenvalue weighted by atomic mass is 19.1. The van der Waals surface area contributed by atoms with Crippen molar-refractivity contribution in [3.8, 4) is 5.75 Å². The standard InChI is InChI=1S/C20H22F2N2O2/c1-2-18(26-19-6-4-3-5-17(19)22)20(25)24-13-11-23(12-14-24)16-9-7-15(21)8-10-16/h3-10,18H,2,11-14H2,1H3/t18-/m1/s1. The molecule has 1 aliphatic heterocycles. The first-order valence-corrected chi connectivity index (χ1v) is 8.79. The van der Waals surface area contributed by atoms with Gasteiger partial charge < -0.3 is 14.5 Å². The molecule has 26 heavy (non-hydrogen) atoms. The molecule has 0 unspecified atom stereocenters. The smallest absolute Gasteiger partial charge is 0.263 e. The Morgan fingerprint density at radius 2 is 1.69 bits per heavy atom. The van der Waals surface area contributed by atoms with Crippen molar-refractivity contribution >= 4 is 11.6 Å². The van der Waals surface area contributed by atoms with E-state index in [0.29, 0.717) is 32.6 Å². The van der Waals surface area contributed by atoms with E-state index in [2.05, 4.69) is 4.90 Å². The Kier molecular flexibility index (Phi) is 5.71. The molecule has 0 bridgehead atoms. The van der Waals surface area contributed by atoms with Gasteiger partial charge in [-0.15, -0.1) is 0 Å². The predicted molar refractivity (Wildman–Crippen MR) is 96.3 cm³/mol. The lowest BCUT2D eigenvalue weighted by Crippen LogP contribution is -2.52. The van der Waals surface area contributed by atoms with E-state index >= 15 is 0 Å².